The van der Waals surface area contributed by atoms with Gasteiger partial charge in [-0.25, -0.2) is 9.78 Å². The van der Waals surface area contributed by atoms with Crippen LogP contribution in [0.25, 0.3) is 0 Å². The number of carboxylic acids is 1. The van der Waals surface area contributed by atoms with Crippen molar-refractivity contribution in [3.63, 3.8) is 0 Å². The van der Waals surface area contributed by atoms with Crippen molar-refractivity contribution in [2.24, 2.45) is 5.92 Å². The van der Waals surface area contributed by atoms with Gasteiger partial charge in [-0.15, -0.1) is 11.3 Å². The first kappa shape index (κ1) is 14.9. The summed E-state index contributed by atoms with van der Waals surface area (Å²) in [5.74, 6) is -0.662. The summed E-state index contributed by atoms with van der Waals surface area (Å²) < 4.78 is 5.45. The van der Waals surface area contributed by atoms with E-state index in [2.05, 4.69) is 10.3 Å². The minimum Gasteiger partial charge on any atom is -0.476 e. The van der Waals surface area contributed by atoms with Crippen molar-refractivity contribution in [3.05, 3.63) is 16.1 Å². The minimum absolute atomic E-state index is 0.0166. The maximum atomic E-state index is 11.7. The van der Waals surface area contributed by atoms with Crippen LogP contribution in [-0.4, -0.2) is 34.7 Å². The van der Waals surface area contributed by atoms with Gasteiger partial charge in [0.05, 0.1) is 12.6 Å². The van der Waals surface area contributed by atoms with E-state index >= 15 is 0 Å². The summed E-state index contributed by atoms with van der Waals surface area (Å²) in [6.45, 7) is 2.98. The third-order valence-electron chi connectivity index (χ3n) is 3.28. The van der Waals surface area contributed by atoms with Gasteiger partial charge in [-0.3, -0.25) is 4.79 Å². The molecule has 0 atom stereocenters. The molecule has 1 aromatic heterocycles. The van der Waals surface area contributed by atoms with Gasteiger partial charge in [0.15, 0.2) is 5.69 Å². The van der Waals surface area contributed by atoms with Crippen molar-refractivity contribution in [3.8, 4) is 0 Å². The molecule has 2 rings (SSSR count). The van der Waals surface area contributed by atoms with E-state index in [1.165, 1.54) is 16.7 Å². The van der Waals surface area contributed by atoms with E-state index in [4.69, 9.17) is 9.84 Å². The van der Waals surface area contributed by atoms with Crippen LogP contribution in [0.1, 0.15) is 41.7 Å². The summed E-state index contributed by atoms with van der Waals surface area (Å²) in [6.07, 6.45) is 2.71. The molecule has 7 heteroatoms. The van der Waals surface area contributed by atoms with Crippen molar-refractivity contribution >= 4 is 23.2 Å². The molecule has 2 N–H and O–H groups in total. The number of aromatic nitrogens is 1. The molecule has 0 saturated heterocycles. The largest absolute Gasteiger partial charge is 0.476 e. The molecule has 1 heterocycles. The molecule has 1 aromatic rings. The molecule has 0 radical (unpaired) electrons. The third-order valence-corrected chi connectivity index (χ3v) is 4.13. The average molecular weight is 298 g/mol. The Kier molecular flexibility index (Phi) is 5.08. The number of hydrogen-bond donors (Lipinski definition) is 2. The van der Waals surface area contributed by atoms with Gasteiger partial charge in [0.2, 0.25) is 5.91 Å². The van der Waals surface area contributed by atoms with E-state index in [0.29, 0.717) is 30.0 Å². The molecule has 1 saturated carbocycles. The summed E-state index contributed by atoms with van der Waals surface area (Å²) in [5, 5.41) is 13.6. The molecule has 20 heavy (non-hydrogen) atoms. The van der Waals surface area contributed by atoms with Gasteiger partial charge >= 0.3 is 5.97 Å². The topological polar surface area (TPSA) is 88.5 Å². The Morgan fingerprint density at radius 1 is 1.55 bits per heavy atom. The summed E-state index contributed by atoms with van der Waals surface area (Å²) in [7, 11) is 0. The predicted octanol–water partition coefficient (Wildman–Crippen LogP) is 1.66. The van der Waals surface area contributed by atoms with Crippen LogP contribution in [0.4, 0.5) is 0 Å². The van der Waals surface area contributed by atoms with E-state index in [9.17, 15) is 9.59 Å². The lowest BCUT2D eigenvalue weighted by Gasteiger charge is -2.34. The van der Waals surface area contributed by atoms with Crippen LogP contribution in [-0.2, 0) is 16.1 Å². The highest BCUT2D eigenvalue weighted by atomic mass is 32.1. The summed E-state index contributed by atoms with van der Waals surface area (Å²) in [6, 6.07) is 0. The van der Waals surface area contributed by atoms with Crippen LogP contribution < -0.4 is 5.32 Å². The first-order valence-corrected chi connectivity index (χ1v) is 7.52. The van der Waals surface area contributed by atoms with E-state index in [-0.39, 0.29) is 11.6 Å². The van der Waals surface area contributed by atoms with Crippen LogP contribution in [0.2, 0.25) is 0 Å². The Labute approximate surface area is 121 Å². The normalized spacial score (nSPS) is 21.2. The number of hydrogen-bond acceptors (Lipinski definition) is 5. The SMILES string of the molecule is CCOC1CC(CC(=O)NCc2nc(C(=O)O)cs2)C1. The quantitative estimate of drug-likeness (QED) is 0.799. The molecule has 0 aliphatic heterocycles. The maximum absolute atomic E-state index is 11.7. The fourth-order valence-corrected chi connectivity index (χ4v) is 2.92. The molecule has 6 nitrogen and oxygen atoms in total. The molecular formula is C13H18N2O4S. The van der Waals surface area contributed by atoms with Crippen molar-refractivity contribution < 1.29 is 19.4 Å². The van der Waals surface area contributed by atoms with Crippen LogP contribution in [0, 0.1) is 5.92 Å². The van der Waals surface area contributed by atoms with Gasteiger partial charge in [-0.1, -0.05) is 0 Å². The van der Waals surface area contributed by atoms with E-state index < -0.39 is 5.97 Å². The number of carboxylic acid groups (broad SMARTS) is 1. The number of amides is 1. The first-order valence-electron chi connectivity index (χ1n) is 6.64. The van der Waals surface area contributed by atoms with Gasteiger partial charge in [0.1, 0.15) is 5.01 Å². The highest BCUT2D eigenvalue weighted by Crippen LogP contribution is 2.32. The lowest BCUT2D eigenvalue weighted by molar-refractivity contribution is -0.124. The zero-order valence-corrected chi connectivity index (χ0v) is 12.1. The van der Waals surface area contributed by atoms with Gasteiger partial charge in [-0.2, -0.15) is 0 Å². The fraction of sp³-hybridized carbons (Fsp3) is 0.615. The standard InChI is InChI=1S/C13H18N2O4S/c1-2-19-9-3-8(4-9)5-11(16)14-6-12-15-10(7-20-12)13(17)18/h7-9H,2-6H2,1H3,(H,14,16)(H,17,18). The Morgan fingerprint density at radius 2 is 2.30 bits per heavy atom. The number of ether oxygens (including phenoxy) is 1. The predicted molar refractivity (Wildman–Crippen MR) is 73.7 cm³/mol. The fourth-order valence-electron chi connectivity index (χ4n) is 2.21. The Bertz CT molecular complexity index is 482. The van der Waals surface area contributed by atoms with Crippen molar-refractivity contribution in [2.75, 3.05) is 6.61 Å². The van der Waals surface area contributed by atoms with Gasteiger partial charge < -0.3 is 15.2 Å². The van der Waals surface area contributed by atoms with Crippen molar-refractivity contribution in [2.45, 2.75) is 38.8 Å². The molecule has 0 unspecified atom stereocenters. The maximum Gasteiger partial charge on any atom is 0.355 e. The Hall–Kier alpha value is -1.47. The van der Waals surface area contributed by atoms with Crippen LogP contribution in [0.5, 0.6) is 0 Å². The van der Waals surface area contributed by atoms with Gasteiger partial charge in [0, 0.05) is 18.4 Å². The number of carbonyl (C=O) groups excluding carboxylic acids is 1. The summed E-state index contributed by atoms with van der Waals surface area (Å²) in [5.41, 5.74) is 0.0257. The molecule has 0 spiro atoms. The highest BCUT2D eigenvalue weighted by Gasteiger charge is 2.30. The summed E-state index contributed by atoms with van der Waals surface area (Å²) >= 11 is 1.24. The Morgan fingerprint density at radius 3 is 2.90 bits per heavy atom. The number of nitrogens with one attached hydrogen (secondary N) is 1. The number of carbonyl (C=O) groups is 2. The first-order chi connectivity index (χ1) is 9.58. The number of aromatic carboxylic acids is 1. The van der Waals surface area contributed by atoms with Crippen molar-refractivity contribution in [1.29, 1.82) is 0 Å². The zero-order valence-electron chi connectivity index (χ0n) is 11.3. The molecule has 1 aliphatic carbocycles. The molecule has 110 valence electrons. The number of rotatable bonds is 7. The monoisotopic (exact) mass is 298 g/mol. The van der Waals surface area contributed by atoms with Crippen LogP contribution >= 0.6 is 11.3 Å². The number of nitrogens with zero attached hydrogens (tertiary/aromatic N) is 1. The summed E-state index contributed by atoms with van der Waals surface area (Å²) in [4.78, 5) is 26.3. The Balaban J connectivity index is 1.66. The second-order valence-electron chi connectivity index (χ2n) is 4.83. The molecule has 1 amide bonds. The van der Waals surface area contributed by atoms with Gasteiger partial charge in [-0.05, 0) is 25.7 Å². The minimum atomic E-state index is -1.05. The second kappa shape index (κ2) is 6.81. The van der Waals surface area contributed by atoms with E-state index in [1.807, 2.05) is 6.92 Å². The average Bonchev–Trinajstić information content (AvgIpc) is 2.83. The second-order valence-corrected chi connectivity index (χ2v) is 5.77. The van der Waals surface area contributed by atoms with Gasteiger partial charge in [0.25, 0.3) is 0 Å². The number of thiazole rings is 1. The van der Waals surface area contributed by atoms with Crippen LogP contribution in [0.15, 0.2) is 5.38 Å². The van der Waals surface area contributed by atoms with E-state index in [1.54, 1.807) is 0 Å². The molecule has 0 bridgehead atoms. The zero-order chi connectivity index (χ0) is 14.5. The third kappa shape index (κ3) is 4.01. The molecule has 1 fully saturated rings. The van der Waals surface area contributed by atoms with Crippen molar-refractivity contribution in [1.82, 2.24) is 10.3 Å². The molecule has 1 aliphatic rings. The van der Waals surface area contributed by atoms with Crippen LogP contribution in [0.3, 0.4) is 0 Å². The van der Waals surface area contributed by atoms with E-state index in [0.717, 1.165) is 19.4 Å². The molecular weight excluding hydrogens is 280 g/mol. The lowest BCUT2D eigenvalue weighted by atomic mass is 9.80. The molecule has 0 aromatic carbocycles. The lowest BCUT2D eigenvalue weighted by Crippen LogP contribution is -2.35. The smallest absolute Gasteiger partial charge is 0.355 e. The highest BCUT2D eigenvalue weighted by molar-refractivity contribution is 7.09.